The molecule has 0 heterocycles. The van der Waals surface area contributed by atoms with Crippen LogP contribution < -0.4 is 0 Å². The van der Waals surface area contributed by atoms with Crippen molar-refractivity contribution in [2.45, 2.75) is 70.6 Å². The summed E-state index contributed by atoms with van der Waals surface area (Å²) in [5.74, 6) is 1.18. The number of rotatable bonds is 3. The van der Waals surface area contributed by atoms with E-state index in [1.54, 1.807) is 0 Å². The van der Waals surface area contributed by atoms with Crippen LogP contribution in [0.5, 0.6) is 0 Å². The Balaban J connectivity index is 1.58. The number of aliphatic carboxylic acids is 2. The van der Waals surface area contributed by atoms with E-state index in [9.17, 15) is 19.8 Å². The topological polar surface area (TPSA) is 74.6 Å². The summed E-state index contributed by atoms with van der Waals surface area (Å²) in [7, 11) is 0. The van der Waals surface area contributed by atoms with E-state index in [2.05, 4.69) is 0 Å². The monoisotopic (exact) mass is 358 g/mol. The molecule has 142 valence electrons. The Hall–Kier alpha value is -1.06. The lowest BCUT2D eigenvalue weighted by Crippen LogP contribution is -2.73. The molecule has 8 rings (SSSR count). The predicted octanol–water partition coefficient (Wildman–Crippen LogP) is 4.18. The minimum Gasteiger partial charge on any atom is -0.480 e. The van der Waals surface area contributed by atoms with Crippen molar-refractivity contribution in [3.8, 4) is 0 Å². The first kappa shape index (κ1) is 15.9. The van der Waals surface area contributed by atoms with Gasteiger partial charge in [0, 0.05) is 5.41 Å². The van der Waals surface area contributed by atoms with Crippen LogP contribution in [0, 0.1) is 51.8 Å². The second-order valence-electron chi connectivity index (χ2n) is 11.2. The van der Waals surface area contributed by atoms with Gasteiger partial charge in [0.2, 0.25) is 0 Å². The molecule has 26 heavy (non-hydrogen) atoms. The zero-order valence-electron chi connectivity index (χ0n) is 15.5. The van der Waals surface area contributed by atoms with Crippen LogP contribution >= 0.6 is 0 Å². The van der Waals surface area contributed by atoms with Crippen LogP contribution in [0.2, 0.25) is 0 Å². The third kappa shape index (κ3) is 1.57. The summed E-state index contributed by atoms with van der Waals surface area (Å²) < 4.78 is 0. The summed E-state index contributed by atoms with van der Waals surface area (Å²) in [6.07, 6.45) is 12.0. The maximum atomic E-state index is 12.8. The molecule has 0 aliphatic heterocycles. The van der Waals surface area contributed by atoms with Gasteiger partial charge in [-0.3, -0.25) is 9.59 Å². The summed E-state index contributed by atoms with van der Waals surface area (Å²) in [6, 6.07) is 0. The predicted molar refractivity (Wildman–Crippen MR) is 94.3 cm³/mol. The van der Waals surface area contributed by atoms with Gasteiger partial charge in [-0.25, -0.2) is 0 Å². The smallest absolute Gasteiger partial charge is 0.321 e. The molecule has 8 aliphatic rings. The van der Waals surface area contributed by atoms with Gasteiger partial charge >= 0.3 is 11.9 Å². The van der Waals surface area contributed by atoms with Gasteiger partial charge in [-0.15, -0.1) is 0 Å². The summed E-state index contributed by atoms with van der Waals surface area (Å²) in [5.41, 5.74) is -2.01. The van der Waals surface area contributed by atoms with E-state index < -0.39 is 22.8 Å². The van der Waals surface area contributed by atoms with Crippen molar-refractivity contribution in [3.63, 3.8) is 0 Å². The average molecular weight is 358 g/mol. The first-order chi connectivity index (χ1) is 12.4. The molecule has 2 N–H and O–H groups in total. The molecule has 8 bridgehead atoms. The van der Waals surface area contributed by atoms with Crippen LogP contribution in [0.3, 0.4) is 0 Å². The Kier molecular flexibility index (Phi) is 2.86. The van der Waals surface area contributed by atoms with E-state index in [4.69, 9.17) is 0 Å². The van der Waals surface area contributed by atoms with Crippen molar-refractivity contribution in [2.75, 3.05) is 0 Å². The minimum atomic E-state index is -1.52. The number of carbonyl (C=O) groups is 2. The fourth-order valence-corrected chi connectivity index (χ4v) is 10.4. The van der Waals surface area contributed by atoms with Crippen molar-refractivity contribution < 1.29 is 19.8 Å². The number of hydrogen-bond donors (Lipinski definition) is 2. The van der Waals surface area contributed by atoms with Crippen LogP contribution in [-0.2, 0) is 9.59 Å². The molecule has 0 saturated heterocycles. The highest BCUT2D eigenvalue weighted by Crippen LogP contribution is 2.79. The molecule has 0 amide bonds. The molecule has 8 fully saturated rings. The molecule has 4 nitrogen and oxygen atoms in total. The maximum absolute atomic E-state index is 12.8. The third-order valence-corrected chi connectivity index (χ3v) is 10.3. The molecular weight excluding hydrogens is 328 g/mol. The normalized spacial score (nSPS) is 55.2. The fourth-order valence-electron chi connectivity index (χ4n) is 10.4. The zero-order chi connectivity index (χ0) is 17.9. The Morgan fingerprint density at radius 2 is 1.00 bits per heavy atom. The van der Waals surface area contributed by atoms with Gasteiger partial charge in [0.25, 0.3) is 0 Å². The van der Waals surface area contributed by atoms with E-state index in [0.29, 0.717) is 11.8 Å². The van der Waals surface area contributed by atoms with Gasteiger partial charge in [0.1, 0.15) is 0 Å². The molecule has 2 atom stereocenters. The standard InChI is InChI=1S/C22H30O4/c23-18(24)22(19(25)26)17-5-15-4-16(6-17)11-21(22,10-15)20-7-12-1-13(8-20)3-14(2-12)9-20/h12-17H,1-11H2,(H,23,24)(H,25,26). The van der Waals surface area contributed by atoms with Crippen LogP contribution in [0.25, 0.3) is 0 Å². The molecule has 0 aromatic rings. The van der Waals surface area contributed by atoms with Crippen molar-refractivity contribution in [3.05, 3.63) is 0 Å². The molecule has 8 saturated carbocycles. The van der Waals surface area contributed by atoms with E-state index >= 15 is 0 Å². The highest BCUT2D eigenvalue weighted by atomic mass is 16.4. The van der Waals surface area contributed by atoms with E-state index in [1.807, 2.05) is 0 Å². The molecule has 0 radical (unpaired) electrons. The molecule has 4 heteroatoms. The van der Waals surface area contributed by atoms with Crippen molar-refractivity contribution in [1.29, 1.82) is 0 Å². The zero-order valence-corrected chi connectivity index (χ0v) is 15.5. The van der Waals surface area contributed by atoms with Crippen LogP contribution in [0.1, 0.15) is 70.6 Å². The van der Waals surface area contributed by atoms with E-state index in [0.717, 1.165) is 62.7 Å². The largest absolute Gasteiger partial charge is 0.480 e. The summed E-state index contributed by atoms with van der Waals surface area (Å²) in [5, 5.41) is 20.9. The second-order valence-corrected chi connectivity index (χ2v) is 11.2. The maximum Gasteiger partial charge on any atom is 0.321 e. The van der Waals surface area contributed by atoms with E-state index in [-0.39, 0.29) is 11.3 Å². The van der Waals surface area contributed by atoms with Gasteiger partial charge in [0.15, 0.2) is 5.41 Å². The molecule has 0 spiro atoms. The SMILES string of the molecule is O=C(O)C1(C(=O)O)C2CC3CC(C2)CC1(C12CC4CC(CC(C4)C1)C2)C3. The molecule has 0 aromatic heterocycles. The summed E-state index contributed by atoms with van der Waals surface area (Å²) >= 11 is 0. The first-order valence-electron chi connectivity index (χ1n) is 10.9. The van der Waals surface area contributed by atoms with Gasteiger partial charge in [-0.2, -0.15) is 0 Å². The lowest BCUT2D eigenvalue weighted by atomic mass is 9.28. The van der Waals surface area contributed by atoms with E-state index in [1.165, 1.54) is 25.7 Å². The highest BCUT2D eigenvalue weighted by Gasteiger charge is 2.79. The van der Waals surface area contributed by atoms with Crippen molar-refractivity contribution in [2.24, 2.45) is 51.8 Å². The van der Waals surface area contributed by atoms with Crippen LogP contribution in [-0.4, -0.2) is 22.2 Å². The number of hydrogen-bond acceptors (Lipinski definition) is 2. The quantitative estimate of drug-likeness (QED) is 0.742. The molecule has 8 aliphatic carbocycles. The lowest BCUT2D eigenvalue weighted by molar-refractivity contribution is -0.271. The van der Waals surface area contributed by atoms with Crippen molar-refractivity contribution in [1.82, 2.24) is 0 Å². The fraction of sp³-hybridized carbons (Fsp3) is 0.909. The molecule has 0 aromatic carbocycles. The Morgan fingerprint density at radius 3 is 1.38 bits per heavy atom. The number of carboxylic acid groups (broad SMARTS) is 2. The molecular formula is C22H30O4. The molecule has 2 unspecified atom stereocenters. The minimum absolute atomic E-state index is 0.00542. The van der Waals surface area contributed by atoms with Crippen molar-refractivity contribution >= 4 is 11.9 Å². The van der Waals surface area contributed by atoms with Gasteiger partial charge < -0.3 is 10.2 Å². The third-order valence-electron chi connectivity index (χ3n) is 10.3. The summed E-state index contributed by atoms with van der Waals surface area (Å²) in [6.45, 7) is 0. The van der Waals surface area contributed by atoms with Gasteiger partial charge in [-0.05, 0) is 112 Å². The lowest BCUT2D eigenvalue weighted by Gasteiger charge is -2.74. The Bertz CT molecular complexity index is 631. The summed E-state index contributed by atoms with van der Waals surface area (Å²) in [4.78, 5) is 25.5. The number of carboxylic acids is 2. The van der Waals surface area contributed by atoms with Gasteiger partial charge in [0.05, 0.1) is 0 Å². The second kappa shape index (κ2) is 4.67. The van der Waals surface area contributed by atoms with Crippen LogP contribution in [0.4, 0.5) is 0 Å². The Labute approximate surface area is 154 Å². The first-order valence-corrected chi connectivity index (χ1v) is 10.9. The Morgan fingerprint density at radius 1 is 0.615 bits per heavy atom. The highest BCUT2D eigenvalue weighted by molar-refractivity contribution is 6.00. The van der Waals surface area contributed by atoms with Crippen LogP contribution in [0.15, 0.2) is 0 Å². The average Bonchev–Trinajstić information content (AvgIpc) is 2.52. The van der Waals surface area contributed by atoms with Gasteiger partial charge in [-0.1, -0.05) is 0 Å².